The summed E-state index contributed by atoms with van der Waals surface area (Å²) in [7, 11) is 0. The molecular formula is C13H11IN2O3S. The van der Waals surface area contributed by atoms with Crippen molar-refractivity contribution in [1.29, 1.82) is 0 Å². The van der Waals surface area contributed by atoms with Crippen LogP contribution >= 0.6 is 33.9 Å². The second-order valence-electron chi connectivity index (χ2n) is 4.10. The number of halogens is 1. The Balaban J connectivity index is 2.33. The van der Waals surface area contributed by atoms with Crippen LogP contribution in [0.1, 0.15) is 30.7 Å². The van der Waals surface area contributed by atoms with Crippen LogP contribution in [0.15, 0.2) is 18.2 Å². The number of nitrogens with zero attached hydrogens (tertiary/aromatic N) is 1. The Kier molecular flexibility index (Phi) is 4.39. The average Bonchev–Trinajstić information content (AvgIpc) is 2.70. The summed E-state index contributed by atoms with van der Waals surface area (Å²) < 4.78 is 0.794. The van der Waals surface area contributed by atoms with Crippen molar-refractivity contribution < 1.29 is 14.7 Å². The first kappa shape index (κ1) is 14.9. The number of anilines is 1. The van der Waals surface area contributed by atoms with Gasteiger partial charge in [0, 0.05) is 3.57 Å². The van der Waals surface area contributed by atoms with E-state index in [1.807, 2.05) is 29.5 Å². The molecule has 104 valence electrons. The minimum absolute atomic E-state index is 0.0733. The van der Waals surface area contributed by atoms with Gasteiger partial charge in [0.25, 0.3) is 5.91 Å². The van der Waals surface area contributed by atoms with Crippen LogP contribution in [0.4, 0.5) is 5.69 Å². The molecule has 0 aliphatic heterocycles. The number of carboxylic acids is 1. The minimum Gasteiger partial charge on any atom is -0.478 e. The molecule has 5 nitrogen and oxygen atoms in total. The number of hydrogen-bond acceptors (Lipinski definition) is 4. The van der Waals surface area contributed by atoms with Crippen LogP contribution in [-0.2, 0) is 0 Å². The van der Waals surface area contributed by atoms with E-state index in [2.05, 4.69) is 10.3 Å². The van der Waals surface area contributed by atoms with Gasteiger partial charge in [-0.3, -0.25) is 4.79 Å². The fraction of sp³-hybridized carbons (Fsp3) is 0.154. The lowest BCUT2D eigenvalue weighted by atomic mass is 10.2. The summed E-state index contributed by atoms with van der Waals surface area (Å²) in [5, 5.41) is 12.6. The van der Waals surface area contributed by atoms with Gasteiger partial charge in [-0.05, 0) is 54.6 Å². The molecule has 1 aromatic heterocycles. The smallest absolute Gasteiger partial charge is 0.337 e. The van der Waals surface area contributed by atoms with Gasteiger partial charge in [0.05, 0.1) is 22.0 Å². The number of aromatic nitrogens is 1. The van der Waals surface area contributed by atoms with E-state index >= 15 is 0 Å². The molecule has 0 radical (unpaired) electrons. The summed E-state index contributed by atoms with van der Waals surface area (Å²) in [5.41, 5.74) is 1.00. The zero-order valence-corrected chi connectivity index (χ0v) is 13.7. The highest BCUT2D eigenvalue weighted by molar-refractivity contribution is 14.1. The molecule has 1 amide bonds. The lowest BCUT2D eigenvalue weighted by Gasteiger charge is -2.08. The Morgan fingerprint density at radius 1 is 1.35 bits per heavy atom. The van der Waals surface area contributed by atoms with Gasteiger partial charge in [0.15, 0.2) is 0 Å². The van der Waals surface area contributed by atoms with Crippen molar-refractivity contribution in [1.82, 2.24) is 4.98 Å². The van der Waals surface area contributed by atoms with Gasteiger partial charge in [-0.25, -0.2) is 9.78 Å². The van der Waals surface area contributed by atoms with Crippen LogP contribution in [0.2, 0.25) is 0 Å². The van der Waals surface area contributed by atoms with E-state index in [0.717, 1.165) is 8.58 Å². The number of carbonyl (C=O) groups is 2. The summed E-state index contributed by atoms with van der Waals surface area (Å²) in [5.74, 6) is -1.41. The molecule has 2 aromatic rings. The summed E-state index contributed by atoms with van der Waals surface area (Å²) >= 11 is 3.31. The minimum atomic E-state index is -1.07. The van der Waals surface area contributed by atoms with Crippen LogP contribution in [0, 0.1) is 17.4 Å². The van der Waals surface area contributed by atoms with E-state index in [4.69, 9.17) is 5.11 Å². The molecule has 0 unspecified atom stereocenters. The number of amides is 1. The third kappa shape index (κ3) is 3.15. The van der Waals surface area contributed by atoms with Gasteiger partial charge >= 0.3 is 5.97 Å². The fourth-order valence-electron chi connectivity index (χ4n) is 1.72. The molecule has 1 aromatic carbocycles. The van der Waals surface area contributed by atoms with Crippen molar-refractivity contribution in [3.63, 3.8) is 0 Å². The maximum Gasteiger partial charge on any atom is 0.337 e. The van der Waals surface area contributed by atoms with E-state index in [9.17, 15) is 9.59 Å². The van der Waals surface area contributed by atoms with Crippen molar-refractivity contribution >= 4 is 51.5 Å². The molecule has 0 aliphatic carbocycles. The van der Waals surface area contributed by atoms with Crippen molar-refractivity contribution in [3.05, 3.63) is 42.9 Å². The Labute approximate surface area is 133 Å². The third-order valence-corrected chi connectivity index (χ3v) is 4.31. The first-order valence-corrected chi connectivity index (χ1v) is 7.56. The van der Waals surface area contributed by atoms with E-state index in [-0.39, 0.29) is 17.2 Å². The van der Waals surface area contributed by atoms with E-state index < -0.39 is 5.97 Å². The molecule has 2 N–H and O–H groups in total. The van der Waals surface area contributed by atoms with E-state index in [1.165, 1.54) is 17.4 Å². The van der Waals surface area contributed by atoms with Crippen LogP contribution in [0.5, 0.6) is 0 Å². The second kappa shape index (κ2) is 5.88. The second-order valence-corrected chi connectivity index (χ2v) is 6.55. The first-order chi connectivity index (χ1) is 9.38. The van der Waals surface area contributed by atoms with Crippen molar-refractivity contribution in [2.24, 2.45) is 0 Å². The third-order valence-electron chi connectivity index (χ3n) is 2.57. The molecule has 0 saturated heterocycles. The Morgan fingerprint density at radius 3 is 2.60 bits per heavy atom. The van der Waals surface area contributed by atoms with Gasteiger partial charge in [-0.15, -0.1) is 11.3 Å². The molecule has 2 rings (SSSR count). The van der Waals surface area contributed by atoms with Crippen LogP contribution in [0.25, 0.3) is 0 Å². The number of benzene rings is 1. The van der Waals surface area contributed by atoms with E-state index in [0.29, 0.717) is 10.6 Å². The zero-order chi connectivity index (χ0) is 14.9. The van der Waals surface area contributed by atoms with Crippen molar-refractivity contribution in [3.8, 4) is 0 Å². The van der Waals surface area contributed by atoms with Gasteiger partial charge < -0.3 is 10.4 Å². The summed E-state index contributed by atoms with van der Waals surface area (Å²) in [4.78, 5) is 28.1. The molecule has 1 heterocycles. The van der Waals surface area contributed by atoms with Crippen LogP contribution in [-0.4, -0.2) is 22.0 Å². The summed E-state index contributed by atoms with van der Waals surface area (Å²) in [6.45, 7) is 3.58. The number of aromatic carboxylic acids is 1. The molecule has 20 heavy (non-hydrogen) atoms. The number of rotatable bonds is 3. The van der Waals surface area contributed by atoms with Crippen molar-refractivity contribution in [2.45, 2.75) is 13.8 Å². The lowest BCUT2D eigenvalue weighted by molar-refractivity contribution is 0.0698. The SMILES string of the molecule is Cc1nc(C)c(C(=O)Nc2ccc(I)cc2C(=O)O)s1. The number of aryl methyl sites for hydroxylation is 2. The topological polar surface area (TPSA) is 79.3 Å². The Morgan fingerprint density at radius 2 is 2.05 bits per heavy atom. The highest BCUT2D eigenvalue weighted by atomic mass is 127. The lowest BCUT2D eigenvalue weighted by Crippen LogP contribution is -2.14. The molecule has 0 saturated carbocycles. The van der Waals surface area contributed by atoms with Gasteiger partial charge in [-0.2, -0.15) is 0 Å². The van der Waals surface area contributed by atoms with Gasteiger partial charge in [0.1, 0.15) is 4.88 Å². The van der Waals surface area contributed by atoms with Crippen molar-refractivity contribution in [2.75, 3.05) is 5.32 Å². The molecule has 7 heteroatoms. The molecule has 0 bridgehead atoms. The van der Waals surface area contributed by atoms with E-state index in [1.54, 1.807) is 19.1 Å². The average molecular weight is 402 g/mol. The number of thiazole rings is 1. The predicted octanol–water partition coefficient (Wildman–Crippen LogP) is 3.32. The first-order valence-electron chi connectivity index (χ1n) is 5.66. The number of carboxylic acid groups (broad SMARTS) is 1. The largest absolute Gasteiger partial charge is 0.478 e. The predicted molar refractivity (Wildman–Crippen MR) is 85.7 cm³/mol. The molecule has 0 spiro atoms. The Bertz CT molecular complexity index is 697. The molecular weight excluding hydrogens is 391 g/mol. The summed E-state index contributed by atoms with van der Waals surface area (Å²) in [6.07, 6.45) is 0. The molecule has 0 atom stereocenters. The number of carbonyl (C=O) groups excluding carboxylic acids is 1. The van der Waals surface area contributed by atoms with Crippen LogP contribution < -0.4 is 5.32 Å². The maximum absolute atomic E-state index is 12.2. The molecule has 0 fully saturated rings. The quantitative estimate of drug-likeness (QED) is 0.773. The number of hydrogen-bond donors (Lipinski definition) is 2. The highest BCUT2D eigenvalue weighted by Gasteiger charge is 2.17. The standard InChI is InChI=1S/C13H11IN2O3S/c1-6-11(20-7(2)15-6)12(17)16-10-4-3-8(14)5-9(10)13(18)19/h3-5H,1-2H3,(H,16,17)(H,18,19). The highest BCUT2D eigenvalue weighted by Crippen LogP contribution is 2.22. The maximum atomic E-state index is 12.2. The summed E-state index contributed by atoms with van der Waals surface area (Å²) in [6, 6.07) is 4.85. The monoisotopic (exact) mass is 402 g/mol. The fourth-order valence-corrected chi connectivity index (χ4v) is 3.03. The normalized spacial score (nSPS) is 10.3. The molecule has 0 aliphatic rings. The number of nitrogens with one attached hydrogen (secondary N) is 1. The van der Waals surface area contributed by atoms with Gasteiger partial charge in [-0.1, -0.05) is 0 Å². The van der Waals surface area contributed by atoms with Gasteiger partial charge in [0.2, 0.25) is 0 Å². The Hall–Kier alpha value is -1.48. The van der Waals surface area contributed by atoms with Crippen LogP contribution in [0.3, 0.4) is 0 Å². The zero-order valence-electron chi connectivity index (χ0n) is 10.7.